The largest absolute Gasteiger partial charge is 0.336 e. The summed E-state index contributed by atoms with van der Waals surface area (Å²) >= 11 is 11.7. The summed E-state index contributed by atoms with van der Waals surface area (Å²) in [4.78, 5) is 5.29. The number of benzene rings is 2. The van der Waals surface area contributed by atoms with Gasteiger partial charge in [0.25, 0.3) is 0 Å². The van der Waals surface area contributed by atoms with Gasteiger partial charge in [-0.1, -0.05) is 51.8 Å². The summed E-state index contributed by atoms with van der Waals surface area (Å²) in [5, 5.41) is 1.25. The fraction of sp³-hybridized carbons (Fsp3) is 0.211. The zero-order valence-corrected chi connectivity index (χ0v) is 16.3. The molecule has 0 aliphatic carbocycles. The molecule has 1 aromatic heterocycles. The fourth-order valence-electron chi connectivity index (χ4n) is 2.52. The number of rotatable bonds is 7. The summed E-state index contributed by atoms with van der Waals surface area (Å²) in [5.41, 5.74) is 1.36. The second kappa shape index (κ2) is 8.75. The Morgan fingerprint density at radius 1 is 1.12 bits per heavy atom. The van der Waals surface area contributed by atoms with Crippen LogP contribution in [0.4, 0.5) is 0 Å². The maximum atomic E-state index is 6.34. The van der Waals surface area contributed by atoms with E-state index >= 15 is 0 Å². The molecule has 1 heterocycles. The quantitative estimate of drug-likeness (QED) is 0.429. The molecule has 0 saturated heterocycles. The van der Waals surface area contributed by atoms with E-state index in [1.807, 2.05) is 48.7 Å². The lowest BCUT2D eigenvalue weighted by Gasteiger charge is -2.18. The van der Waals surface area contributed by atoms with E-state index in [-0.39, 0.29) is 0 Å². The van der Waals surface area contributed by atoms with Gasteiger partial charge in [-0.3, -0.25) is 0 Å². The van der Waals surface area contributed by atoms with E-state index in [4.69, 9.17) is 11.6 Å². The molecule has 0 fully saturated rings. The molecule has 0 N–H and O–H groups in total. The fourth-order valence-corrected chi connectivity index (χ4v) is 4.23. The lowest BCUT2D eigenvalue weighted by molar-refractivity contribution is 0.624. The van der Waals surface area contributed by atoms with Crippen molar-refractivity contribution in [3.8, 4) is 0 Å². The van der Waals surface area contributed by atoms with Crippen LogP contribution in [0.25, 0.3) is 0 Å². The maximum absolute atomic E-state index is 6.34. The Morgan fingerprint density at radius 2 is 1.92 bits per heavy atom. The van der Waals surface area contributed by atoms with E-state index in [2.05, 4.69) is 55.8 Å². The molecule has 3 rings (SSSR count). The van der Waals surface area contributed by atoms with Crippen LogP contribution >= 0.6 is 39.3 Å². The Hall–Kier alpha value is -1.23. The van der Waals surface area contributed by atoms with Crippen LogP contribution in [-0.2, 0) is 13.0 Å². The predicted octanol–water partition coefficient (Wildman–Crippen LogP) is 6.09. The summed E-state index contributed by atoms with van der Waals surface area (Å²) in [6.45, 7) is 0.923. The van der Waals surface area contributed by atoms with Gasteiger partial charge < -0.3 is 4.57 Å². The van der Waals surface area contributed by atoms with E-state index in [1.165, 1.54) is 5.56 Å². The average molecular weight is 422 g/mol. The highest BCUT2D eigenvalue weighted by molar-refractivity contribution is 9.10. The lowest BCUT2D eigenvalue weighted by atomic mass is 10.1. The topological polar surface area (TPSA) is 17.8 Å². The van der Waals surface area contributed by atoms with E-state index in [0.717, 1.165) is 33.8 Å². The minimum Gasteiger partial charge on any atom is -0.336 e. The maximum Gasteiger partial charge on any atom is 0.0946 e. The van der Waals surface area contributed by atoms with Crippen molar-refractivity contribution in [2.24, 2.45) is 0 Å². The molecule has 0 radical (unpaired) electrons. The highest BCUT2D eigenvalue weighted by Crippen LogP contribution is 2.33. The van der Waals surface area contributed by atoms with Gasteiger partial charge in [-0.05, 0) is 42.7 Å². The van der Waals surface area contributed by atoms with Crippen molar-refractivity contribution in [2.75, 3.05) is 0 Å². The third-order valence-corrected chi connectivity index (χ3v) is 6.07. The Bertz CT molecular complexity index is 759. The summed E-state index contributed by atoms with van der Waals surface area (Å²) in [5.74, 6) is 0. The van der Waals surface area contributed by atoms with Crippen LogP contribution in [0.15, 0.2) is 76.6 Å². The summed E-state index contributed by atoms with van der Waals surface area (Å²) in [6, 6.07) is 16.6. The number of hydrogen-bond acceptors (Lipinski definition) is 2. The van der Waals surface area contributed by atoms with Gasteiger partial charge in [-0.25, -0.2) is 4.98 Å². The van der Waals surface area contributed by atoms with Crippen LogP contribution < -0.4 is 0 Å². The molecule has 0 saturated carbocycles. The monoisotopic (exact) mass is 420 g/mol. The van der Waals surface area contributed by atoms with Crippen molar-refractivity contribution in [1.82, 2.24) is 9.55 Å². The highest BCUT2D eigenvalue weighted by Gasteiger charge is 2.13. The number of thioether (sulfide) groups is 1. The first kappa shape index (κ1) is 17.6. The first-order valence-corrected chi connectivity index (χ1v) is 9.87. The van der Waals surface area contributed by atoms with E-state index < -0.39 is 0 Å². The Morgan fingerprint density at radius 3 is 2.62 bits per heavy atom. The van der Waals surface area contributed by atoms with Crippen LogP contribution in [0.3, 0.4) is 0 Å². The van der Waals surface area contributed by atoms with E-state index in [9.17, 15) is 0 Å². The molecular formula is C19H18BrClN2S. The third-order valence-electron chi connectivity index (χ3n) is 3.77. The van der Waals surface area contributed by atoms with E-state index in [1.54, 1.807) is 0 Å². The van der Waals surface area contributed by atoms with Crippen LogP contribution in [0.1, 0.15) is 12.0 Å². The number of hydrogen-bond donors (Lipinski definition) is 0. The van der Waals surface area contributed by atoms with Crippen molar-refractivity contribution in [3.63, 3.8) is 0 Å². The van der Waals surface area contributed by atoms with Crippen molar-refractivity contribution >= 4 is 39.3 Å². The third kappa shape index (κ3) is 5.13. The molecule has 1 atom stereocenters. The van der Waals surface area contributed by atoms with Gasteiger partial charge in [0.15, 0.2) is 0 Å². The second-order valence-corrected chi connectivity index (χ2v) is 8.26. The number of aryl methyl sites for hydroxylation is 1. The van der Waals surface area contributed by atoms with Crippen LogP contribution in [-0.4, -0.2) is 14.8 Å². The summed E-state index contributed by atoms with van der Waals surface area (Å²) < 4.78 is 3.25. The Labute approximate surface area is 160 Å². The molecule has 5 heteroatoms. The predicted molar refractivity (Wildman–Crippen MR) is 106 cm³/mol. The smallest absolute Gasteiger partial charge is 0.0946 e. The number of aromatic nitrogens is 2. The van der Waals surface area contributed by atoms with Crippen molar-refractivity contribution < 1.29 is 0 Å². The number of nitrogens with zero attached hydrogens (tertiary/aromatic N) is 2. The minimum absolute atomic E-state index is 0.433. The SMILES string of the molecule is Clc1ccccc1SC(CCc1ccc(Br)cc1)Cn1ccnc1. The minimum atomic E-state index is 0.433. The van der Waals surface area contributed by atoms with Gasteiger partial charge in [0.1, 0.15) is 0 Å². The van der Waals surface area contributed by atoms with Gasteiger partial charge in [-0.15, -0.1) is 11.8 Å². The standard InChI is InChI=1S/C19H18BrClN2S/c20-16-8-5-15(6-9-16)7-10-17(13-23-12-11-22-14-23)24-19-4-2-1-3-18(19)21/h1-6,8-9,11-12,14,17H,7,10,13H2. The molecule has 124 valence electrons. The number of imidazole rings is 1. The van der Waals surface area contributed by atoms with Crippen LogP contribution in [0, 0.1) is 0 Å². The summed E-state index contributed by atoms with van der Waals surface area (Å²) in [6.07, 6.45) is 7.84. The second-order valence-electron chi connectivity index (χ2n) is 5.59. The molecule has 0 amide bonds. The molecule has 2 nitrogen and oxygen atoms in total. The molecule has 1 unspecified atom stereocenters. The van der Waals surface area contributed by atoms with Crippen molar-refractivity contribution in [3.05, 3.63) is 82.3 Å². The molecule has 0 aliphatic heterocycles. The highest BCUT2D eigenvalue weighted by atomic mass is 79.9. The zero-order valence-electron chi connectivity index (χ0n) is 13.1. The number of halogens is 2. The zero-order chi connectivity index (χ0) is 16.8. The normalized spacial score (nSPS) is 12.2. The van der Waals surface area contributed by atoms with Crippen LogP contribution in [0.2, 0.25) is 5.02 Å². The van der Waals surface area contributed by atoms with Gasteiger partial charge in [0.05, 0.1) is 11.3 Å². The Kier molecular flexibility index (Phi) is 6.41. The molecule has 2 aromatic carbocycles. The first-order chi connectivity index (χ1) is 11.7. The van der Waals surface area contributed by atoms with Gasteiger partial charge in [-0.2, -0.15) is 0 Å². The van der Waals surface area contributed by atoms with Crippen molar-refractivity contribution in [1.29, 1.82) is 0 Å². The van der Waals surface area contributed by atoms with Gasteiger partial charge >= 0.3 is 0 Å². The molecular weight excluding hydrogens is 404 g/mol. The Balaban J connectivity index is 1.69. The average Bonchev–Trinajstić information content (AvgIpc) is 3.09. The molecule has 0 bridgehead atoms. The van der Waals surface area contributed by atoms with Crippen LogP contribution in [0.5, 0.6) is 0 Å². The van der Waals surface area contributed by atoms with Gasteiger partial charge in [0.2, 0.25) is 0 Å². The lowest BCUT2D eigenvalue weighted by Crippen LogP contribution is -2.13. The molecule has 0 aliphatic rings. The molecule has 3 aromatic rings. The van der Waals surface area contributed by atoms with Crippen molar-refractivity contribution in [2.45, 2.75) is 29.5 Å². The van der Waals surface area contributed by atoms with E-state index in [0.29, 0.717) is 5.25 Å². The molecule has 24 heavy (non-hydrogen) atoms. The molecule has 0 spiro atoms. The summed E-state index contributed by atoms with van der Waals surface area (Å²) in [7, 11) is 0. The van der Waals surface area contributed by atoms with Gasteiger partial charge in [0, 0.05) is 33.6 Å². The first-order valence-electron chi connectivity index (χ1n) is 7.82.